The second kappa shape index (κ2) is 6.17. The van der Waals surface area contributed by atoms with Crippen LogP contribution < -0.4 is 0 Å². The Kier molecular flexibility index (Phi) is 3.98. The van der Waals surface area contributed by atoms with Crippen LogP contribution in [0.2, 0.25) is 0 Å². The van der Waals surface area contributed by atoms with Crippen molar-refractivity contribution < 1.29 is 9.59 Å². The van der Waals surface area contributed by atoms with Crippen LogP contribution in [-0.2, 0) is 16.6 Å². The summed E-state index contributed by atoms with van der Waals surface area (Å²) >= 11 is 0. The Bertz CT molecular complexity index is 828. The highest BCUT2D eigenvalue weighted by atomic mass is 16.2. The van der Waals surface area contributed by atoms with E-state index >= 15 is 0 Å². The molecule has 132 valence electrons. The molecule has 0 radical (unpaired) electrons. The number of likely N-dealkylation sites (tertiary alicyclic amines) is 2. The van der Waals surface area contributed by atoms with Gasteiger partial charge < -0.3 is 14.4 Å². The number of aromatic nitrogens is 2. The summed E-state index contributed by atoms with van der Waals surface area (Å²) in [4.78, 5) is 33.6. The Morgan fingerprint density at radius 2 is 2.12 bits per heavy atom. The molecule has 25 heavy (non-hydrogen) atoms. The molecule has 3 heterocycles. The predicted octanol–water partition coefficient (Wildman–Crippen LogP) is 2.11. The van der Waals surface area contributed by atoms with E-state index in [2.05, 4.69) is 10.6 Å². The van der Waals surface area contributed by atoms with Crippen molar-refractivity contribution in [3.8, 4) is 0 Å². The minimum atomic E-state index is -0.206. The Morgan fingerprint density at radius 3 is 2.84 bits per heavy atom. The lowest BCUT2D eigenvalue weighted by atomic mass is 10.1. The van der Waals surface area contributed by atoms with Crippen molar-refractivity contribution in [3.63, 3.8) is 0 Å². The molecule has 2 aliphatic heterocycles. The van der Waals surface area contributed by atoms with Gasteiger partial charge in [-0.2, -0.15) is 0 Å². The first-order chi connectivity index (χ1) is 12.1. The van der Waals surface area contributed by atoms with E-state index in [1.54, 1.807) is 4.90 Å². The van der Waals surface area contributed by atoms with Gasteiger partial charge in [-0.05, 0) is 31.9 Å². The number of hydrogen-bond acceptors (Lipinski definition) is 3. The second-order valence-electron chi connectivity index (χ2n) is 7.04. The van der Waals surface area contributed by atoms with Crippen LogP contribution in [0.15, 0.2) is 24.3 Å². The van der Waals surface area contributed by atoms with Crippen LogP contribution in [0.5, 0.6) is 0 Å². The number of carbonyl (C=O) groups excluding carboxylic acids is 2. The van der Waals surface area contributed by atoms with Crippen molar-refractivity contribution in [2.45, 2.75) is 32.2 Å². The summed E-state index contributed by atoms with van der Waals surface area (Å²) in [5, 5.41) is 0. The maximum atomic E-state index is 13.1. The van der Waals surface area contributed by atoms with Crippen LogP contribution >= 0.6 is 0 Å². The molecule has 2 atom stereocenters. The van der Waals surface area contributed by atoms with Crippen molar-refractivity contribution in [3.05, 3.63) is 30.1 Å². The smallest absolute Gasteiger partial charge is 0.228 e. The maximum absolute atomic E-state index is 13.1. The van der Waals surface area contributed by atoms with Gasteiger partial charge in [-0.15, -0.1) is 0 Å². The van der Waals surface area contributed by atoms with Crippen molar-refractivity contribution in [2.75, 3.05) is 19.6 Å². The number of benzene rings is 1. The molecule has 2 aromatic rings. The molecule has 0 saturated carbocycles. The third-order valence-corrected chi connectivity index (χ3v) is 5.60. The molecule has 0 aliphatic carbocycles. The van der Waals surface area contributed by atoms with Crippen LogP contribution in [0.25, 0.3) is 11.0 Å². The molecule has 1 aromatic carbocycles. The molecule has 1 aromatic heterocycles. The van der Waals surface area contributed by atoms with E-state index in [1.165, 1.54) is 0 Å². The first kappa shape index (κ1) is 16.1. The third-order valence-electron chi connectivity index (χ3n) is 5.60. The van der Waals surface area contributed by atoms with E-state index < -0.39 is 0 Å². The molecular formula is C19H24N4O2. The van der Waals surface area contributed by atoms with Crippen molar-refractivity contribution in [2.24, 2.45) is 13.0 Å². The van der Waals surface area contributed by atoms with Gasteiger partial charge in [-0.3, -0.25) is 9.59 Å². The molecule has 2 saturated heterocycles. The average Bonchev–Trinajstić information content (AvgIpc) is 3.32. The van der Waals surface area contributed by atoms with Crippen LogP contribution in [0.3, 0.4) is 0 Å². The molecule has 2 fully saturated rings. The summed E-state index contributed by atoms with van der Waals surface area (Å²) in [7, 11) is 2.02. The van der Waals surface area contributed by atoms with Crippen molar-refractivity contribution in [1.29, 1.82) is 0 Å². The van der Waals surface area contributed by atoms with Gasteiger partial charge >= 0.3 is 0 Å². The first-order valence-corrected chi connectivity index (χ1v) is 9.09. The fourth-order valence-electron chi connectivity index (χ4n) is 4.24. The molecule has 0 N–H and O–H groups in total. The third kappa shape index (κ3) is 2.60. The Hall–Kier alpha value is -2.37. The summed E-state index contributed by atoms with van der Waals surface area (Å²) in [6.45, 7) is 3.95. The predicted molar refractivity (Wildman–Crippen MR) is 94.8 cm³/mol. The largest absolute Gasteiger partial charge is 0.342 e. The summed E-state index contributed by atoms with van der Waals surface area (Å²) in [5.74, 6) is 0.949. The highest BCUT2D eigenvalue weighted by Crippen LogP contribution is 2.35. The number of para-hydroxylation sites is 2. The number of hydrogen-bond donors (Lipinski definition) is 0. The average molecular weight is 340 g/mol. The number of carbonyl (C=O) groups is 2. The van der Waals surface area contributed by atoms with Crippen LogP contribution in [0.4, 0.5) is 0 Å². The quantitative estimate of drug-likeness (QED) is 0.860. The van der Waals surface area contributed by atoms with Gasteiger partial charge in [0.2, 0.25) is 11.8 Å². The molecule has 4 rings (SSSR count). The van der Waals surface area contributed by atoms with Crippen molar-refractivity contribution in [1.82, 2.24) is 19.4 Å². The summed E-state index contributed by atoms with van der Waals surface area (Å²) in [5.41, 5.74) is 2.05. The van der Waals surface area contributed by atoms with Gasteiger partial charge in [0.15, 0.2) is 0 Å². The zero-order valence-electron chi connectivity index (χ0n) is 14.8. The van der Waals surface area contributed by atoms with Gasteiger partial charge in [0.25, 0.3) is 0 Å². The lowest BCUT2D eigenvalue weighted by Crippen LogP contribution is -2.37. The van der Waals surface area contributed by atoms with E-state index in [9.17, 15) is 9.59 Å². The first-order valence-electron chi connectivity index (χ1n) is 9.09. The van der Waals surface area contributed by atoms with E-state index in [0.717, 1.165) is 36.2 Å². The summed E-state index contributed by atoms with van der Waals surface area (Å²) in [6, 6.07) is 8.07. The highest BCUT2D eigenvalue weighted by molar-refractivity contribution is 5.89. The molecule has 0 unspecified atom stereocenters. The Morgan fingerprint density at radius 1 is 1.32 bits per heavy atom. The minimum absolute atomic E-state index is 0.00989. The van der Waals surface area contributed by atoms with Crippen LogP contribution in [-0.4, -0.2) is 50.8 Å². The monoisotopic (exact) mass is 340 g/mol. The number of aryl methyl sites for hydroxylation is 1. The number of fused-ring (bicyclic) bond motifs is 1. The van der Waals surface area contributed by atoms with E-state index in [-0.39, 0.29) is 23.8 Å². The molecule has 6 nitrogen and oxygen atoms in total. The number of rotatable bonds is 3. The summed E-state index contributed by atoms with van der Waals surface area (Å²) in [6.07, 6.45) is 2.26. The van der Waals surface area contributed by atoms with Gasteiger partial charge in [0, 0.05) is 33.1 Å². The molecule has 2 amide bonds. The van der Waals surface area contributed by atoms with Crippen molar-refractivity contribution >= 4 is 22.8 Å². The number of nitrogens with zero attached hydrogens (tertiary/aromatic N) is 4. The summed E-state index contributed by atoms with van der Waals surface area (Å²) < 4.78 is 2.10. The van der Waals surface area contributed by atoms with Crippen LogP contribution in [0, 0.1) is 5.92 Å². The zero-order valence-corrected chi connectivity index (χ0v) is 14.8. The lowest BCUT2D eigenvalue weighted by Gasteiger charge is -2.27. The lowest BCUT2D eigenvalue weighted by molar-refractivity contribution is -0.136. The SMILES string of the molecule is CCN1C[C@@H](C(=O)N2CCC[C@H]2c2nc3ccccc3n2C)CC1=O. The number of imidazole rings is 1. The van der Waals surface area contributed by atoms with Gasteiger partial charge in [0.05, 0.1) is 23.0 Å². The van der Waals surface area contributed by atoms with E-state index in [4.69, 9.17) is 4.98 Å². The Labute approximate surface area is 147 Å². The van der Waals surface area contributed by atoms with Crippen LogP contribution in [0.1, 0.15) is 38.1 Å². The molecule has 6 heteroatoms. The minimum Gasteiger partial charge on any atom is -0.342 e. The van der Waals surface area contributed by atoms with Gasteiger partial charge in [-0.25, -0.2) is 4.98 Å². The van der Waals surface area contributed by atoms with E-state index in [0.29, 0.717) is 19.5 Å². The normalized spacial score (nSPS) is 23.8. The fraction of sp³-hybridized carbons (Fsp3) is 0.526. The fourth-order valence-corrected chi connectivity index (χ4v) is 4.24. The zero-order chi connectivity index (χ0) is 17.6. The molecule has 2 aliphatic rings. The van der Waals surface area contributed by atoms with Gasteiger partial charge in [0.1, 0.15) is 5.82 Å². The standard InChI is InChI=1S/C19H24N4O2/c1-3-22-12-13(11-17(22)24)19(25)23-10-6-9-16(23)18-20-14-7-4-5-8-15(14)21(18)2/h4-5,7-8,13,16H,3,6,9-12H2,1-2H3/t13-,16-/m0/s1. The topological polar surface area (TPSA) is 58.4 Å². The molecule has 0 spiro atoms. The maximum Gasteiger partial charge on any atom is 0.228 e. The molecular weight excluding hydrogens is 316 g/mol. The Balaban J connectivity index is 1.61. The van der Waals surface area contributed by atoms with Gasteiger partial charge in [-0.1, -0.05) is 12.1 Å². The molecule has 0 bridgehead atoms. The second-order valence-corrected chi connectivity index (χ2v) is 7.04. The number of amides is 2. The highest BCUT2D eigenvalue weighted by Gasteiger charge is 2.40. The van der Waals surface area contributed by atoms with E-state index in [1.807, 2.05) is 37.1 Å².